The van der Waals surface area contributed by atoms with Crippen molar-refractivity contribution in [1.29, 1.82) is 0 Å². The summed E-state index contributed by atoms with van der Waals surface area (Å²) in [6.07, 6.45) is 0. The van der Waals surface area contributed by atoms with Crippen LogP contribution in [0.25, 0.3) is 0 Å². The summed E-state index contributed by atoms with van der Waals surface area (Å²) in [7, 11) is 0. The van der Waals surface area contributed by atoms with Crippen molar-refractivity contribution in [2.24, 2.45) is 0 Å². The molecule has 0 fully saturated rings. The van der Waals surface area contributed by atoms with Crippen LogP contribution < -0.4 is 4.74 Å². The van der Waals surface area contributed by atoms with Gasteiger partial charge in [-0.15, -0.1) is 0 Å². The lowest BCUT2D eigenvalue weighted by molar-refractivity contribution is -0.385. The van der Waals surface area contributed by atoms with Gasteiger partial charge in [-0.25, -0.2) is 0 Å². The molecule has 0 saturated carbocycles. The molecule has 0 spiro atoms. The van der Waals surface area contributed by atoms with E-state index in [-0.39, 0.29) is 11.4 Å². The molecule has 4 nitrogen and oxygen atoms in total. The van der Waals surface area contributed by atoms with Crippen LogP contribution in [0.15, 0.2) is 36.4 Å². The summed E-state index contributed by atoms with van der Waals surface area (Å²) in [5.41, 5.74) is 0.554. The number of ether oxygens (including phenoxy) is 1. The SMILES string of the molecule is O=[N+]([O-])c1ccc(Cl)cc1Oc1cccc(Cl)c1CBr. The number of nitro benzene ring substituents is 1. The van der Waals surface area contributed by atoms with Crippen molar-refractivity contribution in [3.05, 3.63) is 62.1 Å². The first kappa shape index (κ1) is 15.1. The predicted octanol–water partition coefficient (Wildman–Crippen LogP) is 5.59. The number of benzene rings is 2. The van der Waals surface area contributed by atoms with Crippen molar-refractivity contribution in [1.82, 2.24) is 0 Å². The molecule has 0 radical (unpaired) electrons. The van der Waals surface area contributed by atoms with Crippen LogP contribution in [-0.4, -0.2) is 4.92 Å². The number of rotatable bonds is 4. The van der Waals surface area contributed by atoms with Gasteiger partial charge in [0.15, 0.2) is 0 Å². The fourth-order valence-electron chi connectivity index (χ4n) is 1.60. The Morgan fingerprint density at radius 3 is 2.60 bits per heavy atom. The van der Waals surface area contributed by atoms with Gasteiger partial charge < -0.3 is 4.74 Å². The molecule has 0 unspecified atom stereocenters. The Kier molecular flexibility index (Phi) is 4.86. The predicted molar refractivity (Wildman–Crippen MR) is 82.3 cm³/mol. The second-order valence-electron chi connectivity index (χ2n) is 3.82. The largest absolute Gasteiger partial charge is 0.450 e. The normalized spacial score (nSPS) is 10.3. The number of hydrogen-bond donors (Lipinski definition) is 0. The van der Waals surface area contributed by atoms with Gasteiger partial charge in [-0.1, -0.05) is 45.2 Å². The Morgan fingerprint density at radius 1 is 1.20 bits per heavy atom. The van der Waals surface area contributed by atoms with Crippen molar-refractivity contribution in [2.45, 2.75) is 5.33 Å². The molecule has 0 amide bonds. The van der Waals surface area contributed by atoms with Crippen molar-refractivity contribution in [3.63, 3.8) is 0 Å². The van der Waals surface area contributed by atoms with Gasteiger partial charge in [0.2, 0.25) is 5.75 Å². The lowest BCUT2D eigenvalue weighted by Crippen LogP contribution is -1.95. The van der Waals surface area contributed by atoms with Crippen LogP contribution in [0.2, 0.25) is 10.0 Å². The molecule has 2 aromatic rings. The van der Waals surface area contributed by atoms with Crippen LogP contribution in [0.4, 0.5) is 5.69 Å². The van der Waals surface area contributed by atoms with Crippen LogP contribution in [-0.2, 0) is 5.33 Å². The minimum Gasteiger partial charge on any atom is -0.450 e. The molecule has 0 heterocycles. The molecule has 0 aliphatic rings. The highest BCUT2D eigenvalue weighted by atomic mass is 79.9. The van der Waals surface area contributed by atoms with Gasteiger partial charge in [0.05, 0.1) is 4.92 Å². The molecule has 0 aliphatic heterocycles. The first-order chi connectivity index (χ1) is 9.52. The molecule has 0 N–H and O–H groups in total. The van der Waals surface area contributed by atoms with E-state index in [1.807, 2.05) is 0 Å². The van der Waals surface area contributed by atoms with Crippen molar-refractivity contribution < 1.29 is 9.66 Å². The third-order valence-corrected chi connectivity index (χ3v) is 3.70. The van der Waals surface area contributed by atoms with Crippen molar-refractivity contribution in [3.8, 4) is 11.5 Å². The standard InChI is InChI=1S/C13H8BrCl2NO3/c14-7-9-10(16)2-1-3-12(9)20-13-6-8(15)4-5-11(13)17(18)19/h1-6H,7H2. The number of alkyl halides is 1. The summed E-state index contributed by atoms with van der Waals surface area (Å²) in [6, 6.07) is 9.26. The first-order valence-electron chi connectivity index (χ1n) is 5.48. The monoisotopic (exact) mass is 375 g/mol. The maximum Gasteiger partial charge on any atom is 0.311 e. The topological polar surface area (TPSA) is 52.4 Å². The molecule has 7 heteroatoms. The number of nitro groups is 1. The van der Waals surface area contributed by atoms with E-state index in [2.05, 4.69) is 15.9 Å². The quantitative estimate of drug-likeness (QED) is 0.397. The zero-order valence-electron chi connectivity index (χ0n) is 9.98. The highest BCUT2D eigenvalue weighted by molar-refractivity contribution is 9.08. The van der Waals surface area contributed by atoms with Gasteiger partial charge in [0.1, 0.15) is 5.75 Å². The van der Waals surface area contributed by atoms with Gasteiger partial charge in [-0.3, -0.25) is 10.1 Å². The summed E-state index contributed by atoms with van der Waals surface area (Å²) in [6.45, 7) is 0. The lowest BCUT2D eigenvalue weighted by atomic mass is 10.2. The van der Waals surface area contributed by atoms with Crippen molar-refractivity contribution >= 4 is 44.8 Å². The Morgan fingerprint density at radius 2 is 1.95 bits per heavy atom. The van der Waals surface area contributed by atoms with E-state index < -0.39 is 4.92 Å². The molecular formula is C13H8BrCl2NO3. The maximum absolute atomic E-state index is 11.0. The van der Waals surface area contributed by atoms with Crippen molar-refractivity contribution in [2.75, 3.05) is 0 Å². The number of nitrogens with zero attached hydrogens (tertiary/aromatic N) is 1. The van der Waals surface area contributed by atoms with Gasteiger partial charge in [0, 0.05) is 33.1 Å². The van der Waals surface area contributed by atoms with Crippen LogP contribution >= 0.6 is 39.1 Å². The lowest BCUT2D eigenvalue weighted by Gasteiger charge is -2.11. The summed E-state index contributed by atoms with van der Waals surface area (Å²) >= 11 is 15.2. The zero-order chi connectivity index (χ0) is 14.7. The molecule has 0 bridgehead atoms. The van der Waals surface area contributed by atoms with Gasteiger partial charge in [-0.2, -0.15) is 0 Å². The molecule has 104 valence electrons. The van der Waals surface area contributed by atoms with Crippen LogP contribution in [0.3, 0.4) is 0 Å². The van der Waals surface area contributed by atoms with Crippen LogP contribution in [0.1, 0.15) is 5.56 Å². The van der Waals surface area contributed by atoms with E-state index in [9.17, 15) is 10.1 Å². The second kappa shape index (κ2) is 6.43. The maximum atomic E-state index is 11.0. The highest BCUT2D eigenvalue weighted by Crippen LogP contribution is 2.37. The van der Waals surface area contributed by atoms with Gasteiger partial charge >= 0.3 is 5.69 Å². The number of hydrogen-bond acceptors (Lipinski definition) is 3. The smallest absolute Gasteiger partial charge is 0.311 e. The fraction of sp³-hybridized carbons (Fsp3) is 0.0769. The summed E-state index contributed by atoms with van der Waals surface area (Å²) < 4.78 is 5.61. The first-order valence-corrected chi connectivity index (χ1v) is 7.36. The van der Waals surface area contributed by atoms with E-state index in [1.54, 1.807) is 18.2 Å². The molecule has 0 aromatic heterocycles. The van der Waals surface area contributed by atoms with E-state index in [4.69, 9.17) is 27.9 Å². The minimum atomic E-state index is -0.524. The summed E-state index contributed by atoms with van der Waals surface area (Å²) in [4.78, 5) is 10.5. The molecule has 0 atom stereocenters. The molecule has 2 rings (SSSR count). The van der Waals surface area contributed by atoms with E-state index in [1.165, 1.54) is 18.2 Å². The molecule has 0 aliphatic carbocycles. The molecular weight excluding hydrogens is 369 g/mol. The second-order valence-corrected chi connectivity index (χ2v) is 5.23. The fourth-order valence-corrected chi connectivity index (χ4v) is 2.74. The third-order valence-electron chi connectivity index (χ3n) is 2.55. The average Bonchev–Trinajstić information content (AvgIpc) is 2.38. The van der Waals surface area contributed by atoms with Gasteiger partial charge in [0.25, 0.3) is 0 Å². The van der Waals surface area contributed by atoms with Crippen LogP contribution in [0.5, 0.6) is 11.5 Å². The highest BCUT2D eigenvalue weighted by Gasteiger charge is 2.18. The Hall–Kier alpha value is -1.30. The summed E-state index contributed by atoms with van der Waals surface area (Å²) in [5, 5.41) is 12.3. The molecule has 0 saturated heterocycles. The molecule has 20 heavy (non-hydrogen) atoms. The Bertz CT molecular complexity index is 664. The zero-order valence-corrected chi connectivity index (χ0v) is 13.1. The Labute approximate surface area is 133 Å². The Balaban J connectivity index is 2.47. The minimum absolute atomic E-state index is 0.0759. The van der Waals surface area contributed by atoms with Crippen LogP contribution in [0, 0.1) is 10.1 Å². The third kappa shape index (κ3) is 3.23. The van der Waals surface area contributed by atoms with E-state index in [0.717, 1.165) is 0 Å². The van der Waals surface area contributed by atoms with E-state index >= 15 is 0 Å². The number of halogens is 3. The van der Waals surface area contributed by atoms with E-state index in [0.29, 0.717) is 26.7 Å². The summed E-state index contributed by atoms with van der Waals surface area (Å²) in [5.74, 6) is 0.520. The van der Waals surface area contributed by atoms with Gasteiger partial charge in [-0.05, 0) is 18.2 Å². The average molecular weight is 377 g/mol. The molecule has 2 aromatic carbocycles.